The van der Waals surface area contributed by atoms with E-state index in [4.69, 9.17) is 16.3 Å². The first-order chi connectivity index (χ1) is 8.02. The van der Waals surface area contributed by atoms with Crippen molar-refractivity contribution in [1.82, 2.24) is 5.32 Å². The van der Waals surface area contributed by atoms with Crippen LogP contribution in [0, 0.1) is 0 Å². The molecule has 0 fully saturated rings. The lowest BCUT2D eigenvalue weighted by atomic mass is 10.1. The summed E-state index contributed by atoms with van der Waals surface area (Å²) in [4.78, 5) is 11.8. The van der Waals surface area contributed by atoms with Crippen molar-refractivity contribution in [3.63, 3.8) is 0 Å². The van der Waals surface area contributed by atoms with Crippen LogP contribution in [0.3, 0.4) is 0 Å². The summed E-state index contributed by atoms with van der Waals surface area (Å²) >= 11 is 5.87. The second kappa shape index (κ2) is 6.50. The second-order valence-electron chi connectivity index (χ2n) is 4.12. The van der Waals surface area contributed by atoms with E-state index in [1.165, 1.54) is 0 Å². The molecule has 0 spiro atoms. The topological polar surface area (TPSA) is 38.3 Å². The van der Waals surface area contributed by atoms with Crippen LogP contribution in [0.2, 0.25) is 0 Å². The number of benzene rings is 1. The summed E-state index contributed by atoms with van der Waals surface area (Å²) in [5.41, 5.74) is 0.625. The van der Waals surface area contributed by atoms with Gasteiger partial charge >= 0.3 is 0 Å². The molecule has 0 saturated heterocycles. The van der Waals surface area contributed by atoms with Gasteiger partial charge in [0.1, 0.15) is 5.75 Å². The Morgan fingerprint density at radius 1 is 1.35 bits per heavy atom. The van der Waals surface area contributed by atoms with E-state index in [0.717, 1.165) is 12.2 Å². The van der Waals surface area contributed by atoms with Gasteiger partial charge in [0.2, 0.25) is 0 Å². The summed E-state index contributed by atoms with van der Waals surface area (Å²) in [5.74, 6) is 0.654. The molecule has 0 aliphatic rings. The van der Waals surface area contributed by atoms with Crippen LogP contribution in [0.1, 0.15) is 30.6 Å². The minimum absolute atomic E-state index is 0.0566. The summed E-state index contributed by atoms with van der Waals surface area (Å²) in [6.07, 6.45) is 0.753. The highest BCUT2D eigenvalue weighted by Crippen LogP contribution is 2.12. The zero-order chi connectivity index (χ0) is 12.8. The van der Waals surface area contributed by atoms with Gasteiger partial charge < -0.3 is 10.1 Å². The molecule has 1 N–H and O–H groups in total. The molecule has 1 amide bonds. The van der Waals surface area contributed by atoms with Gasteiger partial charge in [0.15, 0.2) is 0 Å². The van der Waals surface area contributed by atoms with Gasteiger partial charge in [-0.2, -0.15) is 0 Å². The van der Waals surface area contributed by atoms with E-state index in [1.54, 1.807) is 31.4 Å². The Labute approximate surface area is 107 Å². The predicted molar refractivity (Wildman–Crippen MR) is 69.9 cm³/mol. The number of carbonyl (C=O) groups is 1. The first-order valence-corrected chi connectivity index (χ1v) is 6.05. The summed E-state index contributed by atoms with van der Waals surface area (Å²) in [5, 5.41) is 2.96. The third kappa shape index (κ3) is 4.65. The summed E-state index contributed by atoms with van der Waals surface area (Å²) in [7, 11) is 1.60. The Morgan fingerprint density at radius 3 is 2.41 bits per heavy atom. The highest BCUT2D eigenvalue weighted by Gasteiger charge is 2.11. The number of halogens is 1. The molecule has 94 valence electrons. The molecular formula is C13H18ClNO2. The van der Waals surface area contributed by atoms with Crippen molar-refractivity contribution in [3.05, 3.63) is 29.8 Å². The minimum atomic E-state index is -0.0857. The molecule has 0 saturated carbocycles. The number of amides is 1. The number of alkyl halides is 1. The smallest absolute Gasteiger partial charge is 0.251 e. The Balaban J connectivity index is 2.57. The highest BCUT2D eigenvalue weighted by atomic mass is 35.5. The molecule has 2 unspecified atom stereocenters. The van der Waals surface area contributed by atoms with Gasteiger partial charge in [-0.1, -0.05) is 0 Å². The molecule has 0 radical (unpaired) electrons. The number of nitrogens with one attached hydrogen (secondary N) is 1. The third-order valence-electron chi connectivity index (χ3n) is 2.41. The van der Waals surface area contributed by atoms with Crippen molar-refractivity contribution in [1.29, 1.82) is 0 Å². The average Bonchev–Trinajstić information content (AvgIpc) is 2.28. The Bertz CT molecular complexity index is 362. The van der Waals surface area contributed by atoms with Crippen molar-refractivity contribution in [2.24, 2.45) is 0 Å². The van der Waals surface area contributed by atoms with Crippen LogP contribution in [0.4, 0.5) is 0 Å². The Hall–Kier alpha value is -1.22. The summed E-state index contributed by atoms with van der Waals surface area (Å²) in [6, 6.07) is 7.08. The monoisotopic (exact) mass is 255 g/mol. The molecule has 3 nitrogen and oxygen atoms in total. The second-order valence-corrected chi connectivity index (χ2v) is 4.86. The van der Waals surface area contributed by atoms with E-state index in [0.29, 0.717) is 5.56 Å². The van der Waals surface area contributed by atoms with Gasteiger partial charge in [0.25, 0.3) is 5.91 Å². The van der Waals surface area contributed by atoms with E-state index in [9.17, 15) is 4.79 Å². The third-order valence-corrected chi connectivity index (χ3v) is 2.59. The molecule has 1 rings (SSSR count). The van der Waals surface area contributed by atoms with Crippen molar-refractivity contribution in [2.45, 2.75) is 31.7 Å². The van der Waals surface area contributed by atoms with Crippen LogP contribution in [0.25, 0.3) is 0 Å². The lowest BCUT2D eigenvalue weighted by Gasteiger charge is -2.15. The Morgan fingerprint density at radius 2 is 1.94 bits per heavy atom. The van der Waals surface area contributed by atoms with Crippen LogP contribution in [-0.2, 0) is 0 Å². The van der Waals surface area contributed by atoms with Crippen molar-refractivity contribution in [2.75, 3.05) is 7.11 Å². The van der Waals surface area contributed by atoms with Crippen LogP contribution in [-0.4, -0.2) is 24.4 Å². The number of hydrogen-bond acceptors (Lipinski definition) is 2. The fraction of sp³-hybridized carbons (Fsp3) is 0.462. The maximum Gasteiger partial charge on any atom is 0.251 e. The molecule has 4 heteroatoms. The number of methoxy groups -OCH3 is 1. The first-order valence-electron chi connectivity index (χ1n) is 5.62. The summed E-state index contributed by atoms with van der Waals surface area (Å²) < 4.78 is 5.03. The van der Waals surface area contributed by atoms with Crippen molar-refractivity contribution in [3.8, 4) is 5.75 Å². The van der Waals surface area contributed by atoms with Crippen molar-refractivity contribution >= 4 is 17.5 Å². The molecule has 0 bridgehead atoms. The van der Waals surface area contributed by atoms with Crippen LogP contribution >= 0.6 is 11.6 Å². The number of rotatable bonds is 5. The lowest BCUT2D eigenvalue weighted by molar-refractivity contribution is 0.0938. The largest absolute Gasteiger partial charge is 0.497 e. The molecule has 0 aromatic heterocycles. The zero-order valence-electron chi connectivity index (χ0n) is 10.4. The maximum absolute atomic E-state index is 11.8. The average molecular weight is 256 g/mol. The van der Waals surface area contributed by atoms with Gasteiger partial charge in [0, 0.05) is 17.0 Å². The van der Waals surface area contributed by atoms with E-state index in [2.05, 4.69) is 5.32 Å². The van der Waals surface area contributed by atoms with E-state index < -0.39 is 0 Å². The van der Waals surface area contributed by atoms with E-state index in [-0.39, 0.29) is 17.3 Å². The fourth-order valence-corrected chi connectivity index (χ4v) is 1.86. The van der Waals surface area contributed by atoms with Crippen LogP contribution in [0.5, 0.6) is 5.75 Å². The standard InChI is InChI=1S/C13H18ClNO2/c1-9(14)8-10(2)15-13(16)11-4-6-12(17-3)7-5-11/h4-7,9-10H,8H2,1-3H3,(H,15,16). The fourth-order valence-electron chi connectivity index (χ4n) is 1.60. The minimum Gasteiger partial charge on any atom is -0.497 e. The number of hydrogen-bond donors (Lipinski definition) is 1. The van der Waals surface area contributed by atoms with Gasteiger partial charge in [-0.15, -0.1) is 11.6 Å². The lowest BCUT2D eigenvalue weighted by Crippen LogP contribution is -2.33. The van der Waals surface area contributed by atoms with Crippen molar-refractivity contribution < 1.29 is 9.53 Å². The van der Waals surface area contributed by atoms with Crippen LogP contribution < -0.4 is 10.1 Å². The molecule has 1 aromatic rings. The molecule has 2 atom stereocenters. The van der Waals surface area contributed by atoms with E-state index >= 15 is 0 Å². The molecule has 0 heterocycles. The normalized spacial score (nSPS) is 13.9. The SMILES string of the molecule is COc1ccc(C(=O)NC(C)CC(C)Cl)cc1. The van der Waals surface area contributed by atoms with Gasteiger partial charge in [-0.05, 0) is 44.5 Å². The molecule has 17 heavy (non-hydrogen) atoms. The maximum atomic E-state index is 11.8. The van der Waals surface area contributed by atoms with E-state index in [1.807, 2.05) is 13.8 Å². The Kier molecular flexibility index (Phi) is 5.29. The molecular weight excluding hydrogens is 238 g/mol. The molecule has 0 aliphatic carbocycles. The first kappa shape index (κ1) is 13.8. The van der Waals surface area contributed by atoms with Gasteiger partial charge in [0.05, 0.1) is 7.11 Å². The molecule has 0 aliphatic heterocycles. The molecule has 1 aromatic carbocycles. The van der Waals surface area contributed by atoms with Gasteiger partial charge in [-0.25, -0.2) is 0 Å². The number of carbonyl (C=O) groups excluding carboxylic acids is 1. The highest BCUT2D eigenvalue weighted by molar-refractivity contribution is 6.20. The quantitative estimate of drug-likeness (QED) is 0.822. The van der Waals surface area contributed by atoms with Gasteiger partial charge in [-0.3, -0.25) is 4.79 Å². The zero-order valence-corrected chi connectivity index (χ0v) is 11.1. The predicted octanol–water partition coefficient (Wildman–Crippen LogP) is 2.83. The number of ether oxygens (including phenoxy) is 1. The summed E-state index contributed by atoms with van der Waals surface area (Å²) in [6.45, 7) is 3.86. The van der Waals surface area contributed by atoms with Crippen LogP contribution in [0.15, 0.2) is 24.3 Å².